The second-order valence-electron chi connectivity index (χ2n) is 4.51. The topological polar surface area (TPSA) is 109 Å². The zero-order valence-electron chi connectivity index (χ0n) is 11.3. The highest BCUT2D eigenvalue weighted by molar-refractivity contribution is 6.12. The van der Waals surface area contributed by atoms with Gasteiger partial charge in [-0.25, -0.2) is 4.39 Å². The van der Waals surface area contributed by atoms with Crippen LogP contribution in [-0.4, -0.2) is 10.8 Å². The molecule has 0 bridgehead atoms. The zero-order valence-corrected chi connectivity index (χ0v) is 11.3. The number of nitrogens with zero attached hydrogens (tertiary/aromatic N) is 1. The summed E-state index contributed by atoms with van der Waals surface area (Å²) in [6.45, 7) is 1.59. The molecular weight excluding hydrogens is 271 g/mol. The van der Waals surface area contributed by atoms with E-state index in [-0.39, 0.29) is 22.6 Å². The summed E-state index contributed by atoms with van der Waals surface area (Å²) >= 11 is 0. The number of carbonyl (C=O) groups is 1. The Bertz CT molecular complexity index is 783. The maximum atomic E-state index is 13.9. The molecule has 0 spiro atoms. The van der Waals surface area contributed by atoms with Crippen LogP contribution >= 0.6 is 0 Å². The first-order chi connectivity index (χ1) is 9.95. The first kappa shape index (κ1) is 14.3. The minimum atomic E-state index is -0.769. The molecule has 106 valence electrons. The third-order valence-corrected chi connectivity index (χ3v) is 3.01. The van der Waals surface area contributed by atoms with Gasteiger partial charge in [-0.05, 0) is 25.1 Å². The number of hydrogen-bond donors (Lipinski definition) is 3. The van der Waals surface area contributed by atoms with Gasteiger partial charge in [0.15, 0.2) is 11.6 Å². The lowest BCUT2D eigenvalue weighted by Crippen LogP contribution is -2.07. The maximum Gasteiger partial charge on any atom is 0.198 e. The molecule has 0 aliphatic rings. The van der Waals surface area contributed by atoms with E-state index in [9.17, 15) is 9.18 Å². The Morgan fingerprint density at radius 1 is 1.38 bits per heavy atom. The van der Waals surface area contributed by atoms with Gasteiger partial charge in [0, 0.05) is 22.9 Å². The molecule has 1 heterocycles. The number of nitriles is 1. The summed E-state index contributed by atoms with van der Waals surface area (Å²) < 4.78 is 13.9. The molecule has 1 aromatic heterocycles. The molecule has 0 saturated carbocycles. The SMILES string of the molecule is CC(C#N)=Cc1c(C(=O)c2cccc(N)c2F)c[nH]c1N. The molecule has 0 aliphatic heterocycles. The van der Waals surface area contributed by atoms with Gasteiger partial charge in [0.25, 0.3) is 0 Å². The van der Waals surface area contributed by atoms with Crippen molar-refractivity contribution in [3.05, 3.63) is 52.5 Å². The van der Waals surface area contributed by atoms with E-state index in [2.05, 4.69) is 4.98 Å². The summed E-state index contributed by atoms with van der Waals surface area (Å²) in [5.41, 5.74) is 11.9. The summed E-state index contributed by atoms with van der Waals surface area (Å²) in [4.78, 5) is 15.1. The number of benzene rings is 1. The standard InChI is InChI=1S/C15H13FN4O/c1-8(6-17)5-10-11(7-20-15(10)19)14(21)9-3-2-4-12(18)13(9)16/h2-5,7,20H,18-19H2,1H3. The van der Waals surface area contributed by atoms with Crippen LogP contribution in [0, 0.1) is 17.1 Å². The molecule has 5 N–H and O–H groups in total. The molecule has 6 heteroatoms. The van der Waals surface area contributed by atoms with Gasteiger partial charge in [0.05, 0.1) is 17.3 Å². The number of rotatable bonds is 3. The van der Waals surface area contributed by atoms with Gasteiger partial charge in [-0.15, -0.1) is 0 Å². The molecule has 21 heavy (non-hydrogen) atoms. The fourth-order valence-electron chi connectivity index (χ4n) is 1.91. The van der Waals surface area contributed by atoms with Crippen LogP contribution in [0.4, 0.5) is 15.9 Å². The van der Waals surface area contributed by atoms with E-state index in [4.69, 9.17) is 16.7 Å². The molecule has 0 saturated heterocycles. The average Bonchev–Trinajstić information content (AvgIpc) is 2.82. The first-order valence-electron chi connectivity index (χ1n) is 6.09. The Balaban J connectivity index is 2.56. The third-order valence-electron chi connectivity index (χ3n) is 3.01. The van der Waals surface area contributed by atoms with E-state index in [1.807, 2.05) is 6.07 Å². The van der Waals surface area contributed by atoms with Crippen molar-refractivity contribution in [2.75, 3.05) is 11.5 Å². The smallest absolute Gasteiger partial charge is 0.198 e. The number of carbonyl (C=O) groups excluding carboxylic acids is 1. The summed E-state index contributed by atoms with van der Waals surface area (Å²) in [6, 6.07) is 6.16. The van der Waals surface area contributed by atoms with E-state index in [1.165, 1.54) is 30.5 Å². The number of allylic oxidation sites excluding steroid dienone is 1. The number of H-pyrrole nitrogens is 1. The quantitative estimate of drug-likeness (QED) is 0.457. The van der Waals surface area contributed by atoms with Crippen LogP contribution in [0.3, 0.4) is 0 Å². The van der Waals surface area contributed by atoms with Crippen molar-refractivity contribution < 1.29 is 9.18 Å². The van der Waals surface area contributed by atoms with E-state index in [1.54, 1.807) is 6.92 Å². The van der Waals surface area contributed by atoms with Crippen LogP contribution in [0.1, 0.15) is 28.4 Å². The molecule has 1 aromatic carbocycles. The van der Waals surface area contributed by atoms with Crippen molar-refractivity contribution >= 4 is 23.4 Å². The Morgan fingerprint density at radius 3 is 2.76 bits per heavy atom. The zero-order chi connectivity index (χ0) is 15.6. The van der Waals surface area contributed by atoms with Crippen molar-refractivity contribution in [1.82, 2.24) is 4.98 Å². The fraction of sp³-hybridized carbons (Fsp3) is 0.0667. The molecule has 2 rings (SSSR count). The Labute approximate surface area is 120 Å². The maximum absolute atomic E-state index is 13.9. The minimum Gasteiger partial charge on any atom is -0.396 e. The molecule has 0 atom stereocenters. The van der Waals surface area contributed by atoms with Gasteiger partial charge in [-0.3, -0.25) is 4.79 Å². The largest absolute Gasteiger partial charge is 0.396 e. The predicted octanol–water partition coefficient (Wildman–Crippen LogP) is 2.48. The van der Waals surface area contributed by atoms with Gasteiger partial charge in [-0.2, -0.15) is 5.26 Å². The van der Waals surface area contributed by atoms with Crippen molar-refractivity contribution in [2.45, 2.75) is 6.92 Å². The summed E-state index contributed by atoms with van der Waals surface area (Å²) in [6.07, 6.45) is 2.86. The normalized spacial score (nSPS) is 11.2. The fourth-order valence-corrected chi connectivity index (χ4v) is 1.91. The lowest BCUT2D eigenvalue weighted by atomic mass is 10.00. The van der Waals surface area contributed by atoms with Crippen molar-refractivity contribution in [3.63, 3.8) is 0 Å². The number of nitrogens with one attached hydrogen (secondary N) is 1. The summed E-state index contributed by atoms with van der Waals surface area (Å²) in [5.74, 6) is -1.09. The van der Waals surface area contributed by atoms with Crippen molar-refractivity contribution in [1.29, 1.82) is 5.26 Å². The molecule has 0 radical (unpaired) electrons. The van der Waals surface area contributed by atoms with E-state index < -0.39 is 11.6 Å². The molecule has 0 unspecified atom stereocenters. The Kier molecular flexibility index (Phi) is 3.76. The second kappa shape index (κ2) is 5.51. The van der Waals surface area contributed by atoms with E-state index in [0.717, 1.165) is 0 Å². The lowest BCUT2D eigenvalue weighted by Gasteiger charge is -2.05. The second-order valence-corrected chi connectivity index (χ2v) is 4.51. The molecule has 0 amide bonds. The molecule has 2 aromatic rings. The number of nitrogens with two attached hydrogens (primary N) is 2. The van der Waals surface area contributed by atoms with Gasteiger partial charge in [0.1, 0.15) is 5.82 Å². The number of ketones is 1. The van der Waals surface area contributed by atoms with Crippen LogP contribution in [0.2, 0.25) is 0 Å². The van der Waals surface area contributed by atoms with Crippen molar-refractivity contribution in [3.8, 4) is 6.07 Å². The number of aromatic amines is 1. The Hall–Kier alpha value is -3.07. The number of aromatic nitrogens is 1. The molecule has 5 nitrogen and oxygen atoms in total. The molecule has 0 aliphatic carbocycles. The Morgan fingerprint density at radius 2 is 2.10 bits per heavy atom. The van der Waals surface area contributed by atoms with Crippen LogP contribution in [-0.2, 0) is 0 Å². The lowest BCUT2D eigenvalue weighted by molar-refractivity contribution is 0.103. The summed E-state index contributed by atoms with van der Waals surface area (Å²) in [5, 5.41) is 8.82. The van der Waals surface area contributed by atoms with Crippen LogP contribution in [0.5, 0.6) is 0 Å². The highest BCUT2D eigenvalue weighted by Gasteiger charge is 2.20. The number of hydrogen-bond acceptors (Lipinski definition) is 4. The van der Waals surface area contributed by atoms with Gasteiger partial charge in [0.2, 0.25) is 0 Å². The van der Waals surface area contributed by atoms with Crippen LogP contribution in [0.25, 0.3) is 6.08 Å². The van der Waals surface area contributed by atoms with Crippen LogP contribution in [0.15, 0.2) is 30.0 Å². The number of anilines is 2. The molecular formula is C15H13FN4O. The van der Waals surface area contributed by atoms with Gasteiger partial charge in [-0.1, -0.05) is 6.07 Å². The summed E-state index contributed by atoms with van der Waals surface area (Å²) in [7, 11) is 0. The minimum absolute atomic E-state index is 0.102. The monoisotopic (exact) mass is 284 g/mol. The molecule has 0 fully saturated rings. The first-order valence-corrected chi connectivity index (χ1v) is 6.09. The van der Waals surface area contributed by atoms with Gasteiger partial charge >= 0.3 is 0 Å². The van der Waals surface area contributed by atoms with Gasteiger partial charge < -0.3 is 16.5 Å². The predicted molar refractivity (Wildman–Crippen MR) is 78.7 cm³/mol. The van der Waals surface area contributed by atoms with Crippen LogP contribution < -0.4 is 11.5 Å². The average molecular weight is 284 g/mol. The number of nitrogen functional groups attached to an aromatic ring is 2. The number of halogens is 1. The van der Waals surface area contributed by atoms with E-state index >= 15 is 0 Å². The third kappa shape index (κ3) is 2.62. The van der Waals surface area contributed by atoms with E-state index in [0.29, 0.717) is 11.1 Å². The van der Waals surface area contributed by atoms with Crippen molar-refractivity contribution in [2.24, 2.45) is 0 Å². The highest BCUT2D eigenvalue weighted by Crippen LogP contribution is 2.25. The highest BCUT2D eigenvalue weighted by atomic mass is 19.1.